The Hall–Kier alpha value is -0.320. The van der Waals surface area contributed by atoms with Gasteiger partial charge in [-0.1, -0.05) is 27.7 Å². The lowest BCUT2D eigenvalue weighted by molar-refractivity contribution is -0.123. The molecule has 0 spiro atoms. The number of amides is 1. The molecule has 0 aromatic rings. The van der Waals surface area contributed by atoms with E-state index in [1.165, 1.54) is 0 Å². The number of nitrogens with two attached hydrogens (primary N) is 1. The lowest BCUT2D eigenvalue weighted by Gasteiger charge is -2.30. The molecular formula is C12H27ClN2O2. The van der Waals surface area contributed by atoms with Gasteiger partial charge < -0.3 is 16.2 Å². The Bertz CT molecular complexity index is 210. The highest BCUT2D eigenvalue weighted by Gasteiger charge is 2.27. The predicted octanol–water partition coefficient (Wildman–Crippen LogP) is 1.31. The van der Waals surface area contributed by atoms with E-state index in [2.05, 4.69) is 5.32 Å². The molecule has 0 bridgehead atoms. The minimum atomic E-state index is -0.467. The molecule has 5 heteroatoms. The van der Waals surface area contributed by atoms with Gasteiger partial charge in [-0.15, -0.1) is 12.4 Å². The van der Waals surface area contributed by atoms with Gasteiger partial charge in [-0.3, -0.25) is 4.79 Å². The van der Waals surface area contributed by atoms with Crippen LogP contribution in [0.25, 0.3) is 0 Å². The summed E-state index contributed by atoms with van der Waals surface area (Å²) >= 11 is 0. The summed E-state index contributed by atoms with van der Waals surface area (Å²) in [5, 5.41) is 12.2. The molecule has 0 aromatic heterocycles. The van der Waals surface area contributed by atoms with Crippen LogP contribution in [0.1, 0.15) is 40.5 Å². The lowest BCUT2D eigenvalue weighted by Crippen LogP contribution is -2.48. The first-order chi connectivity index (χ1) is 7.42. The van der Waals surface area contributed by atoms with Gasteiger partial charge in [-0.05, 0) is 18.8 Å². The highest BCUT2D eigenvalue weighted by Crippen LogP contribution is 2.24. The summed E-state index contributed by atoms with van der Waals surface area (Å²) in [6.07, 6.45) is 1.69. The average Bonchev–Trinajstić information content (AvgIpc) is 2.30. The Morgan fingerprint density at radius 2 is 1.82 bits per heavy atom. The fourth-order valence-corrected chi connectivity index (χ4v) is 1.47. The number of carbonyl (C=O) groups is 1. The molecule has 4 N–H and O–H groups in total. The highest BCUT2D eigenvalue weighted by atomic mass is 35.5. The maximum absolute atomic E-state index is 11.7. The highest BCUT2D eigenvalue weighted by molar-refractivity contribution is 5.85. The Labute approximate surface area is 111 Å². The van der Waals surface area contributed by atoms with E-state index in [1.807, 2.05) is 27.7 Å². The first-order valence-electron chi connectivity index (χ1n) is 6.06. The van der Waals surface area contributed by atoms with Crippen LogP contribution in [0.5, 0.6) is 0 Å². The molecule has 17 heavy (non-hydrogen) atoms. The molecule has 1 atom stereocenters. The van der Waals surface area contributed by atoms with E-state index in [9.17, 15) is 9.90 Å². The number of hydrogen-bond donors (Lipinski definition) is 3. The summed E-state index contributed by atoms with van der Waals surface area (Å²) in [6, 6.07) is -0.467. The molecule has 0 unspecified atom stereocenters. The smallest absolute Gasteiger partial charge is 0.237 e. The molecule has 0 saturated carbocycles. The molecule has 4 nitrogen and oxygen atoms in total. The quantitative estimate of drug-likeness (QED) is 0.650. The van der Waals surface area contributed by atoms with Crippen molar-refractivity contribution in [1.29, 1.82) is 0 Å². The number of hydrogen-bond acceptors (Lipinski definition) is 3. The summed E-state index contributed by atoms with van der Waals surface area (Å²) < 4.78 is 0. The van der Waals surface area contributed by atoms with Crippen molar-refractivity contribution in [1.82, 2.24) is 5.32 Å². The Morgan fingerprint density at radius 1 is 1.35 bits per heavy atom. The van der Waals surface area contributed by atoms with E-state index in [0.29, 0.717) is 6.54 Å². The van der Waals surface area contributed by atoms with Crippen LogP contribution in [0.15, 0.2) is 0 Å². The molecule has 104 valence electrons. The molecule has 0 aromatic carbocycles. The van der Waals surface area contributed by atoms with Gasteiger partial charge in [-0.2, -0.15) is 0 Å². The molecule has 0 fully saturated rings. The van der Waals surface area contributed by atoms with Gasteiger partial charge in [-0.25, -0.2) is 0 Å². The third kappa shape index (κ3) is 5.70. The van der Waals surface area contributed by atoms with E-state index in [-0.39, 0.29) is 36.3 Å². The van der Waals surface area contributed by atoms with Gasteiger partial charge >= 0.3 is 0 Å². The first-order valence-corrected chi connectivity index (χ1v) is 6.06. The van der Waals surface area contributed by atoms with Crippen molar-refractivity contribution in [2.45, 2.75) is 46.6 Å². The predicted molar refractivity (Wildman–Crippen MR) is 73.2 cm³/mol. The van der Waals surface area contributed by atoms with Crippen molar-refractivity contribution in [3.05, 3.63) is 0 Å². The second-order valence-corrected chi connectivity index (χ2v) is 4.85. The minimum absolute atomic E-state index is 0. The van der Waals surface area contributed by atoms with Crippen molar-refractivity contribution < 1.29 is 9.90 Å². The second kappa shape index (κ2) is 8.72. The van der Waals surface area contributed by atoms with Gasteiger partial charge in [0.25, 0.3) is 0 Å². The first kappa shape index (κ1) is 19.0. The molecule has 1 amide bonds. The number of halogens is 1. The van der Waals surface area contributed by atoms with Gasteiger partial charge in [0.05, 0.1) is 12.6 Å². The summed E-state index contributed by atoms with van der Waals surface area (Å²) in [7, 11) is 0. The molecule has 0 aliphatic heterocycles. The van der Waals surface area contributed by atoms with Crippen molar-refractivity contribution in [2.24, 2.45) is 17.1 Å². The van der Waals surface area contributed by atoms with Crippen LogP contribution >= 0.6 is 12.4 Å². The number of aliphatic hydroxyl groups excluding tert-OH is 1. The van der Waals surface area contributed by atoms with Crippen molar-refractivity contribution >= 4 is 18.3 Å². The van der Waals surface area contributed by atoms with Gasteiger partial charge in [0.15, 0.2) is 0 Å². The lowest BCUT2D eigenvalue weighted by atomic mass is 9.83. The van der Waals surface area contributed by atoms with Crippen LogP contribution in [-0.2, 0) is 4.79 Å². The van der Waals surface area contributed by atoms with Crippen molar-refractivity contribution in [3.63, 3.8) is 0 Å². The molecule has 0 radical (unpaired) electrons. The number of nitrogens with one attached hydrogen (secondary N) is 1. The number of carbonyl (C=O) groups excluding carboxylic acids is 1. The Balaban J connectivity index is 0. The van der Waals surface area contributed by atoms with Crippen LogP contribution in [-0.4, -0.2) is 30.2 Å². The zero-order valence-corrected chi connectivity index (χ0v) is 12.1. The molecular weight excluding hydrogens is 240 g/mol. The van der Waals surface area contributed by atoms with Crippen LogP contribution in [0.4, 0.5) is 0 Å². The number of rotatable bonds is 7. The molecule has 0 heterocycles. The fourth-order valence-electron chi connectivity index (χ4n) is 1.47. The summed E-state index contributed by atoms with van der Waals surface area (Å²) in [5.74, 6) is 0.00139. The van der Waals surface area contributed by atoms with Crippen LogP contribution < -0.4 is 11.1 Å². The van der Waals surface area contributed by atoms with Gasteiger partial charge in [0.1, 0.15) is 0 Å². The van der Waals surface area contributed by atoms with E-state index < -0.39 is 6.04 Å². The second-order valence-electron chi connectivity index (χ2n) is 4.85. The van der Waals surface area contributed by atoms with E-state index >= 15 is 0 Å². The minimum Gasteiger partial charge on any atom is -0.396 e. The third-order valence-corrected chi connectivity index (χ3v) is 3.49. The van der Waals surface area contributed by atoms with Gasteiger partial charge in [0.2, 0.25) is 5.91 Å². The molecule has 0 rings (SSSR count). The fraction of sp³-hybridized carbons (Fsp3) is 0.917. The maximum Gasteiger partial charge on any atom is 0.237 e. The Kier molecular flexibility index (Phi) is 9.77. The zero-order chi connectivity index (χ0) is 12.8. The Morgan fingerprint density at radius 3 is 2.12 bits per heavy atom. The molecule has 0 aliphatic rings. The van der Waals surface area contributed by atoms with Crippen molar-refractivity contribution in [3.8, 4) is 0 Å². The average molecular weight is 267 g/mol. The topological polar surface area (TPSA) is 75.3 Å². The van der Waals surface area contributed by atoms with Gasteiger partial charge in [0, 0.05) is 12.0 Å². The SMILES string of the molecule is CCC(CC)(CO)CNC(=O)[C@@H](N)C(C)C.Cl. The molecule has 0 saturated heterocycles. The largest absolute Gasteiger partial charge is 0.396 e. The van der Waals surface area contributed by atoms with Crippen molar-refractivity contribution in [2.75, 3.05) is 13.2 Å². The monoisotopic (exact) mass is 266 g/mol. The maximum atomic E-state index is 11.7. The van der Waals surface area contributed by atoms with E-state index in [0.717, 1.165) is 12.8 Å². The van der Waals surface area contributed by atoms with E-state index in [4.69, 9.17) is 5.73 Å². The summed E-state index contributed by atoms with van der Waals surface area (Å²) in [5.41, 5.74) is 5.54. The normalized spacial score (nSPS) is 13.1. The van der Waals surface area contributed by atoms with Crippen LogP contribution in [0, 0.1) is 11.3 Å². The van der Waals surface area contributed by atoms with Crippen LogP contribution in [0.2, 0.25) is 0 Å². The summed E-state index contributed by atoms with van der Waals surface area (Å²) in [6.45, 7) is 8.47. The zero-order valence-electron chi connectivity index (χ0n) is 11.3. The van der Waals surface area contributed by atoms with E-state index in [1.54, 1.807) is 0 Å². The third-order valence-electron chi connectivity index (χ3n) is 3.49. The number of aliphatic hydroxyl groups is 1. The standard InChI is InChI=1S/C12H26N2O2.ClH/c1-5-12(6-2,8-15)7-14-11(16)10(13)9(3)4;/h9-10,15H,5-8,13H2,1-4H3,(H,14,16);1H/t10-;/m0./s1. The van der Waals surface area contributed by atoms with Crippen LogP contribution in [0.3, 0.4) is 0 Å². The summed E-state index contributed by atoms with van der Waals surface area (Å²) in [4.78, 5) is 11.7. The molecule has 0 aliphatic carbocycles.